The molecule has 1 fully saturated rings. The SMILES string of the molecule is Cc1[nH]cc[n+]1C[C@@H](O)COC1CCC(C)CC1. The molecule has 2 rings (SSSR count). The second kappa shape index (κ2) is 6.34. The summed E-state index contributed by atoms with van der Waals surface area (Å²) in [6.07, 6.45) is 8.55. The van der Waals surface area contributed by atoms with E-state index in [1.807, 2.05) is 23.9 Å². The van der Waals surface area contributed by atoms with Crippen LogP contribution in [0.2, 0.25) is 0 Å². The first-order chi connectivity index (χ1) is 8.65. The van der Waals surface area contributed by atoms with Gasteiger partial charge in [-0.1, -0.05) is 6.92 Å². The second-order valence-electron chi connectivity index (χ2n) is 5.57. The van der Waals surface area contributed by atoms with Gasteiger partial charge in [-0.25, -0.2) is 9.55 Å². The van der Waals surface area contributed by atoms with Gasteiger partial charge in [-0.2, -0.15) is 0 Å². The van der Waals surface area contributed by atoms with Crippen LogP contribution in [-0.4, -0.2) is 28.9 Å². The van der Waals surface area contributed by atoms with Crippen molar-refractivity contribution in [2.75, 3.05) is 6.61 Å². The lowest BCUT2D eigenvalue weighted by Crippen LogP contribution is -2.42. The quantitative estimate of drug-likeness (QED) is 0.783. The van der Waals surface area contributed by atoms with Gasteiger partial charge in [0.1, 0.15) is 25.0 Å². The van der Waals surface area contributed by atoms with Gasteiger partial charge in [-0.15, -0.1) is 0 Å². The number of aliphatic hydroxyl groups is 1. The summed E-state index contributed by atoms with van der Waals surface area (Å²) in [7, 11) is 0. The minimum absolute atomic E-state index is 0.355. The molecule has 0 saturated heterocycles. The largest absolute Gasteiger partial charge is 0.387 e. The molecule has 1 saturated carbocycles. The predicted molar refractivity (Wildman–Crippen MR) is 69.1 cm³/mol. The number of aliphatic hydroxyl groups excluding tert-OH is 1. The van der Waals surface area contributed by atoms with E-state index in [2.05, 4.69) is 11.9 Å². The number of aryl methyl sites for hydroxylation is 1. The van der Waals surface area contributed by atoms with Crippen molar-refractivity contribution in [3.63, 3.8) is 0 Å². The fourth-order valence-electron chi connectivity index (χ4n) is 2.56. The van der Waals surface area contributed by atoms with Crippen molar-refractivity contribution < 1.29 is 14.4 Å². The average molecular weight is 253 g/mol. The number of aromatic nitrogens is 2. The summed E-state index contributed by atoms with van der Waals surface area (Å²) < 4.78 is 7.82. The summed E-state index contributed by atoms with van der Waals surface area (Å²) in [5.74, 6) is 1.90. The zero-order valence-electron chi connectivity index (χ0n) is 11.4. The number of hydrogen-bond donors (Lipinski definition) is 2. The Morgan fingerprint density at radius 2 is 2.17 bits per heavy atom. The van der Waals surface area contributed by atoms with Gasteiger partial charge < -0.3 is 9.84 Å². The molecule has 1 aliphatic rings. The minimum atomic E-state index is -0.427. The van der Waals surface area contributed by atoms with Gasteiger partial charge >= 0.3 is 0 Å². The van der Waals surface area contributed by atoms with Crippen LogP contribution >= 0.6 is 0 Å². The van der Waals surface area contributed by atoms with Crippen LogP contribution in [0.3, 0.4) is 0 Å². The Bertz CT molecular complexity index is 356. The van der Waals surface area contributed by atoms with Crippen LogP contribution in [0.4, 0.5) is 0 Å². The van der Waals surface area contributed by atoms with Crippen molar-refractivity contribution >= 4 is 0 Å². The van der Waals surface area contributed by atoms with Crippen molar-refractivity contribution in [3.05, 3.63) is 18.2 Å². The van der Waals surface area contributed by atoms with Crippen molar-refractivity contribution in [1.82, 2.24) is 4.98 Å². The third-order valence-corrected chi connectivity index (χ3v) is 3.87. The molecule has 4 nitrogen and oxygen atoms in total. The van der Waals surface area contributed by atoms with Gasteiger partial charge in [-0.05, 0) is 31.6 Å². The summed E-state index contributed by atoms with van der Waals surface area (Å²) in [5, 5.41) is 9.97. The Kier molecular flexibility index (Phi) is 4.78. The number of rotatable bonds is 5. The molecule has 0 unspecified atom stereocenters. The fourth-order valence-corrected chi connectivity index (χ4v) is 2.56. The average Bonchev–Trinajstić information content (AvgIpc) is 2.74. The van der Waals surface area contributed by atoms with E-state index in [1.54, 1.807) is 0 Å². The van der Waals surface area contributed by atoms with Crippen LogP contribution in [0, 0.1) is 12.8 Å². The molecule has 2 N–H and O–H groups in total. The van der Waals surface area contributed by atoms with Crippen LogP contribution in [0.25, 0.3) is 0 Å². The Hall–Kier alpha value is -0.870. The molecule has 1 aromatic heterocycles. The maximum atomic E-state index is 9.97. The predicted octanol–water partition coefficient (Wildman–Crippen LogP) is 1.57. The lowest BCUT2D eigenvalue weighted by molar-refractivity contribution is -0.708. The molecule has 1 aromatic rings. The van der Waals surface area contributed by atoms with E-state index < -0.39 is 6.10 Å². The van der Waals surface area contributed by atoms with E-state index in [0.717, 1.165) is 24.6 Å². The summed E-state index contributed by atoms with van der Waals surface area (Å²) in [4.78, 5) is 3.10. The van der Waals surface area contributed by atoms with E-state index in [1.165, 1.54) is 12.8 Å². The first-order valence-corrected chi connectivity index (χ1v) is 6.98. The smallest absolute Gasteiger partial charge is 0.251 e. The number of ether oxygens (including phenoxy) is 1. The van der Waals surface area contributed by atoms with Crippen LogP contribution in [0.5, 0.6) is 0 Å². The number of aromatic amines is 1. The molecule has 0 bridgehead atoms. The highest BCUT2D eigenvalue weighted by Crippen LogP contribution is 2.25. The molecular weight excluding hydrogens is 228 g/mol. The molecule has 4 heteroatoms. The third kappa shape index (κ3) is 3.82. The molecule has 0 radical (unpaired) electrons. The first kappa shape index (κ1) is 13.6. The van der Waals surface area contributed by atoms with Crippen LogP contribution in [-0.2, 0) is 11.3 Å². The molecule has 0 amide bonds. The molecular formula is C14H25N2O2+. The maximum absolute atomic E-state index is 9.97. The highest BCUT2D eigenvalue weighted by Gasteiger charge is 2.20. The van der Waals surface area contributed by atoms with E-state index in [0.29, 0.717) is 19.3 Å². The normalized spacial score (nSPS) is 26.2. The lowest BCUT2D eigenvalue weighted by Gasteiger charge is -2.26. The maximum Gasteiger partial charge on any atom is 0.251 e. The second-order valence-corrected chi connectivity index (χ2v) is 5.57. The third-order valence-electron chi connectivity index (χ3n) is 3.87. The summed E-state index contributed by atoms with van der Waals surface area (Å²) in [6, 6.07) is 0. The Balaban J connectivity index is 1.69. The lowest BCUT2D eigenvalue weighted by atomic mass is 9.89. The van der Waals surface area contributed by atoms with Gasteiger partial charge in [0.2, 0.25) is 0 Å². The van der Waals surface area contributed by atoms with Crippen LogP contribution < -0.4 is 4.57 Å². The van der Waals surface area contributed by atoms with Gasteiger partial charge in [0.15, 0.2) is 0 Å². The number of nitrogens with zero attached hydrogens (tertiary/aromatic N) is 1. The highest BCUT2D eigenvalue weighted by atomic mass is 16.5. The van der Waals surface area contributed by atoms with Crippen LogP contribution in [0.15, 0.2) is 12.4 Å². The Morgan fingerprint density at radius 1 is 1.44 bits per heavy atom. The number of imidazole rings is 1. The topological polar surface area (TPSA) is 49.1 Å². The zero-order chi connectivity index (χ0) is 13.0. The van der Waals surface area contributed by atoms with E-state index in [9.17, 15) is 5.11 Å². The van der Waals surface area contributed by atoms with Crippen LogP contribution in [0.1, 0.15) is 38.4 Å². The highest BCUT2D eigenvalue weighted by molar-refractivity contribution is 4.72. The standard InChI is InChI=1S/C14H24N2O2/c1-11-3-5-14(6-4-11)18-10-13(17)9-16-8-7-15-12(16)2/h7-8,11,13-14,17H,3-6,9-10H2,1-2H3/p+1/t11?,13-,14?/m1/s1. The first-order valence-electron chi connectivity index (χ1n) is 6.98. The monoisotopic (exact) mass is 253 g/mol. The Morgan fingerprint density at radius 3 is 2.78 bits per heavy atom. The van der Waals surface area contributed by atoms with E-state index in [4.69, 9.17) is 4.74 Å². The van der Waals surface area contributed by atoms with Gasteiger partial charge in [0.05, 0.1) is 12.7 Å². The molecule has 0 spiro atoms. The van der Waals surface area contributed by atoms with E-state index >= 15 is 0 Å². The Labute approximate surface area is 109 Å². The molecule has 1 heterocycles. The van der Waals surface area contributed by atoms with E-state index in [-0.39, 0.29) is 0 Å². The van der Waals surface area contributed by atoms with Gasteiger partial charge in [0.25, 0.3) is 5.82 Å². The zero-order valence-corrected chi connectivity index (χ0v) is 11.4. The van der Waals surface area contributed by atoms with Crippen molar-refractivity contribution in [2.45, 2.75) is 58.3 Å². The molecule has 18 heavy (non-hydrogen) atoms. The minimum Gasteiger partial charge on any atom is -0.387 e. The summed E-state index contributed by atoms with van der Waals surface area (Å²) >= 11 is 0. The molecule has 1 atom stereocenters. The summed E-state index contributed by atoms with van der Waals surface area (Å²) in [6.45, 7) is 5.33. The fraction of sp³-hybridized carbons (Fsp3) is 0.786. The number of hydrogen-bond acceptors (Lipinski definition) is 2. The van der Waals surface area contributed by atoms with Gasteiger partial charge in [0, 0.05) is 6.92 Å². The van der Waals surface area contributed by atoms with Crippen molar-refractivity contribution in [3.8, 4) is 0 Å². The number of nitrogens with one attached hydrogen (secondary N) is 1. The molecule has 0 aromatic carbocycles. The van der Waals surface area contributed by atoms with Gasteiger partial charge in [-0.3, -0.25) is 0 Å². The number of H-pyrrole nitrogens is 1. The van der Waals surface area contributed by atoms with Crippen molar-refractivity contribution in [1.29, 1.82) is 0 Å². The molecule has 0 aliphatic heterocycles. The summed E-state index contributed by atoms with van der Waals surface area (Å²) in [5.41, 5.74) is 0. The van der Waals surface area contributed by atoms with Crippen molar-refractivity contribution in [2.24, 2.45) is 5.92 Å². The molecule has 102 valence electrons. The molecule has 1 aliphatic carbocycles.